The number of fused-ring (bicyclic) bond motifs is 1. The number of hydrogen-bond donors (Lipinski definition) is 4. The third-order valence-electron chi connectivity index (χ3n) is 4.79. The van der Waals surface area contributed by atoms with Crippen LogP contribution < -0.4 is 16.0 Å². The van der Waals surface area contributed by atoms with Gasteiger partial charge in [-0.15, -0.1) is 0 Å². The smallest absolute Gasteiger partial charge is 0.260 e. The molecule has 0 spiro atoms. The van der Waals surface area contributed by atoms with Crippen LogP contribution in [0.15, 0.2) is 61.2 Å². The molecule has 0 saturated carbocycles. The number of para-hydroxylation sites is 1. The van der Waals surface area contributed by atoms with Gasteiger partial charge in [0.1, 0.15) is 23.7 Å². The number of rotatable bonds is 7. The van der Waals surface area contributed by atoms with Gasteiger partial charge in [0.05, 0.1) is 17.6 Å². The van der Waals surface area contributed by atoms with E-state index in [0.29, 0.717) is 29.1 Å². The van der Waals surface area contributed by atoms with Crippen LogP contribution in [0.4, 0.5) is 21.6 Å². The van der Waals surface area contributed by atoms with Crippen LogP contribution in [0.1, 0.15) is 23.7 Å². The third kappa shape index (κ3) is 4.38. The summed E-state index contributed by atoms with van der Waals surface area (Å²) in [5.74, 6) is -1.44. The molecule has 0 saturated heterocycles. The molecule has 2 amide bonds. The summed E-state index contributed by atoms with van der Waals surface area (Å²) >= 11 is 0. The van der Waals surface area contributed by atoms with Crippen LogP contribution >= 0.6 is 0 Å². The first-order chi connectivity index (χ1) is 15.6. The van der Waals surface area contributed by atoms with Crippen molar-refractivity contribution in [3.05, 3.63) is 72.6 Å². The highest BCUT2D eigenvalue weighted by molar-refractivity contribution is 6.11. The summed E-state index contributed by atoms with van der Waals surface area (Å²) in [5, 5.41) is 8.35. The van der Waals surface area contributed by atoms with Gasteiger partial charge >= 0.3 is 0 Å². The van der Waals surface area contributed by atoms with Crippen LogP contribution in [0.2, 0.25) is 0 Å². The Hall–Kier alpha value is -4.34. The van der Waals surface area contributed by atoms with E-state index in [9.17, 15) is 14.0 Å². The van der Waals surface area contributed by atoms with E-state index >= 15 is 0 Å². The second kappa shape index (κ2) is 9.21. The molecular formula is C22H20FN7O2. The van der Waals surface area contributed by atoms with Gasteiger partial charge < -0.3 is 20.9 Å². The number of aromatic amines is 1. The Morgan fingerprint density at radius 3 is 2.62 bits per heavy atom. The Labute approximate surface area is 182 Å². The number of carbonyl (C=O) groups excluding carboxylic acids is 2. The molecule has 4 N–H and O–H groups in total. The third-order valence-corrected chi connectivity index (χ3v) is 4.79. The van der Waals surface area contributed by atoms with Crippen LogP contribution in [-0.4, -0.2) is 37.8 Å². The number of nitrogens with one attached hydrogen (secondary N) is 4. The highest BCUT2D eigenvalue weighted by atomic mass is 19.1. The lowest BCUT2D eigenvalue weighted by Gasteiger charge is -2.19. The van der Waals surface area contributed by atoms with Gasteiger partial charge in [0.15, 0.2) is 11.5 Å². The molecule has 0 radical (unpaired) electrons. The molecule has 0 aliphatic carbocycles. The predicted octanol–water partition coefficient (Wildman–Crippen LogP) is 3.57. The topological polar surface area (TPSA) is 125 Å². The molecule has 4 rings (SSSR count). The minimum atomic E-state index is -0.743. The number of H-pyrrole nitrogens is 1. The Morgan fingerprint density at radius 1 is 1.03 bits per heavy atom. The fraction of sp³-hybridized carbons (Fsp3) is 0.136. The second-order valence-electron chi connectivity index (χ2n) is 6.90. The number of nitrogens with zero attached hydrogens (tertiary/aromatic N) is 3. The fourth-order valence-electron chi connectivity index (χ4n) is 3.19. The van der Waals surface area contributed by atoms with Crippen molar-refractivity contribution in [2.75, 3.05) is 16.0 Å². The quantitative estimate of drug-likeness (QED) is 0.353. The molecule has 0 fully saturated rings. The van der Waals surface area contributed by atoms with Crippen molar-refractivity contribution in [2.24, 2.45) is 0 Å². The van der Waals surface area contributed by atoms with Gasteiger partial charge in [-0.1, -0.05) is 31.2 Å². The summed E-state index contributed by atoms with van der Waals surface area (Å²) in [6.45, 7) is 1.82. The number of halogens is 1. The van der Waals surface area contributed by atoms with Gasteiger partial charge in [-0.2, -0.15) is 0 Å². The zero-order chi connectivity index (χ0) is 22.5. The molecule has 2 aromatic carbocycles. The summed E-state index contributed by atoms with van der Waals surface area (Å²) in [6, 6.07) is 12.0. The minimum absolute atomic E-state index is 0.0676. The molecule has 2 aromatic heterocycles. The molecule has 1 unspecified atom stereocenters. The van der Waals surface area contributed by atoms with Crippen molar-refractivity contribution in [3.63, 3.8) is 0 Å². The molecule has 9 nitrogen and oxygen atoms in total. The van der Waals surface area contributed by atoms with E-state index in [4.69, 9.17) is 0 Å². The van der Waals surface area contributed by atoms with E-state index in [1.807, 2.05) is 6.92 Å². The summed E-state index contributed by atoms with van der Waals surface area (Å²) in [7, 11) is 0. The second-order valence-corrected chi connectivity index (χ2v) is 6.90. The molecule has 4 aromatic rings. The number of benzene rings is 2. The van der Waals surface area contributed by atoms with Crippen LogP contribution in [0.25, 0.3) is 11.2 Å². The SMILES string of the molecule is CCC(Nc1ncnc2nc[nH]c12)C(=O)Nc1cccc(F)c1C(=O)Nc1ccccc1. The highest BCUT2D eigenvalue weighted by Gasteiger charge is 2.23. The van der Waals surface area contributed by atoms with Crippen molar-refractivity contribution >= 4 is 40.2 Å². The molecule has 32 heavy (non-hydrogen) atoms. The minimum Gasteiger partial charge on any atom is -0.356 e. The number of hydrogen-bond acceptors (Lipinski definition) is 6. The average Bonchev–Trinajstić information content (AvgIpc) is 3.28. The van der Waals surface area contributed by atoms with Gasteiger partial charge in [-0.3, -0.25) is 9.59 Å². The summed E-state index contributed by atoms with van der Waals surface area (Å²) in [6.07, 6.45) is 3.23. The van der Waals surface area contributed by atoms with E-state index in [2.05, 4.69) is 35.9 Å². The normalized spacial score (nSPS) is 11.7. The van der Waals surface area contributed by atoms with Gasteiger partial charge in [-0.05, 0) is 30.7 Å². The van der Waals surface area contributed by atoms with E-state index in [-0.39, 0.29) is 11.3 Å². The van der Waals surface area contributed by atoms with Gasteiger partial charge in [0.2, 0.25) is 5.91 Å². The van der Waals surface area contributed by atoms with Gasteiger partial charge in [-0.25, -0.2) is 19.3 Å². The van der Waals surface area contributed by atoms with E-state index in [1.54, 1.807) is 30.3 Å². The van der Waals surface area contributed by atoms with E-state index in [1.165, 1.54) is 30.9 Å². The van der Waals surface area contributed by atoms with Crippen LogP contribution in [-0.2, 0) is 4.79 Å². The van der Waals surface area contributed by atoms with Crippen LogP contribution in [0, 0.1) is 5.82 Å². The maximum atomic E-state index is 14.6. The average molecular weight is 433 g/mol. The molecule has 1 atom stereocenters. The maximum absolute atomic E-state index is 14.6. The Kier molecular flexibility index (Phi) is 6.02. The first-order valence-electron chi connectivity index (χ1n) is 9.93. The Balaban J connectivity index is 1.55. The summed E-state index contributed by atoms with van der Waals surface area (Å²) in [5.41, 5.74) is 1.35. The molecule has 2 heterocycles. The number of imidazole rings is 1. The summed E-state index contributed by atoms with van der Waals surface area (Å²) < 4.78 is 14.6. The molecule has 0 bridgehead atoms. The Bertz CT molecular complexity index is 1260. The lowest BCUT2D eigenvalue weighted by atomic mass is 10.1. The van der Waals surface area contributed by atoms with E-state index < -0.39 is 23.7 Å². The fourth-order valence-corrected chi connectivity index (χ4v) is 3.19. The molecular weight excluding hydrogens is 413 g/mol. The van der Waals surface area contributed by atoms with Crippen molar-refractivity contribution in [3.8, 4) is 0 Å². The van der Waals surface area contributed by atoms with Gasteiger partial charge in [0, 0.05) is 5.69 Å². The van der Waals surface area contributed by atoms with Crippen molar-refractivity contribution in [1.29, 1.82) is 0 Å². The van der Waals surface area contributed by atoms with Crippen molar-refractivity contribution in [1.82, 2.24) is 19.9 Å². The van der Waals surface area contributed by atoms with E-state index in [0.717, 1.165) is 0 Å². The maximum Gasteiger partial charge on any atom is 0.260 e. The largest absolute Gasteiger partial charge is 0.356 e. The highest BCUT2D eigenvalue weighted by Crippen LogP contribution is 2.22. The number of aromatic nitrogens is 4. The van der Waals surface area contributed by atoms with Crippen LogP contribution in [0.5, 0.6) is 0 Å². The first-order valence-corrected chi connectivity index (χ1v) is 9.93. The van der Waals surface area contributed by atoms with Crippen molar-refractivity contribution in [2.45, 2.75) is 19.4 Å². The molecule has 10 heteroatoms. The lowest BCUT2D eigenvalue weighted by Crippen LogP contribution is -2.35. The molecule has 0 aliphatic heterocycles. The zero-order valence-electron chi connectivity index (χ0n) is 17.1. The molecule has 162 valence electrons. The van der Waals surface area contributed by atoms with Crippen molar-refractivity contribution < 1.29 is 14.0 Å². The lowest BCUT2D eigenvalue weighted by molar-refractivity contribution is -0.117. The number of anilines is 3. The van der Waals surface area contributed by atoms with Gasteiger partial charge in [0.25, 0.3) is 5.91 Å². The predicted molar refractivity (Wildman–Crippen MR) is 119 cm³/mol. The zero-order valence-corrected chi connectivity index (χ0v) is 17.1. The monoisotopic (exact) mass is 433 g/mol. The number of amides is 2. The standard InChI is InChI=1S/C22H20FN7O2/c1-2-15(29-20-18-19(25-11-24-18)26-12-27-20)21(31)30-16-10-6-9-14(23)17(16)22(32)28-13-7-4-3-5-8-13/h3-12,15H,2H2,1H3,(H,28,32)(H,30,31)(H2,24,25,26,27,29). The van der Waals surface area contributed by atoms with Crippen LogP contribution in [0.3, 0.4) is 0 Å². The summed E-state index contributed by atoms with van der Waals surface area (Å²) in [4.78, 5) is 40.9. The number of carbonyl (C=O) groups is 2. The Morgan fingerprint density at radius 2 is 1.84 bits per heavy atom. The first kappa shape index (κ1) is 20.9. The molecule has 0 aliphatic rings.